The summed E-state index contributed by atoms with van der Waals surface area (Å²) in [7, 11) is 3.62. The molecule has 0 atom stereocenters. The topological polar surface area (TPSA) is 56.9 Å². The summed E-state index contributed by atoms with van der Waals surface area (Å²) in [5.74, 6) is 0. The summed E-state index contributed by atoms with van der Waals surface area (Å²) < 4.78 is 8.90. The first kappa shape index (κ1) is 12.8. The van der Waals surface area contributed by atoms with Gasteiger partial charge in [0.15, 0.2) is 0 Å². The molecule has 6 nitrogen and oxygen atoms in total. The van der Waals surface area contributed by atoms with Crippen molar-refractivity contribution in [3.8, 4) is 0 Å². The number of methoxy groups -OCH3 is 1. The number of nitrogens with one attached hydrogen (secondary N) is 1. The van der Waals surface area contributed by atoms with Crippen molar-refractivity contribution in [2.75, 3.05) is 20.3 Å². The Labute approximate surface area is 107 Å². The van der Waals surface area contributed by atoms with Gasteiger partial charge in [-0.3, -0.25) is 4.68 Å². The lowest BCUT2D eigenvalue weighted by molar-refractivity contribution is 0.199. The standard InChI is InChI=1S/C12H19N5O/c1-16-5-3-11(15-16)9-17-10-14-8-12(17)7-13-4-6-18-2/h3,5,8,10,13H,4,6-7,9H2,1-2H3. The molecule has 0 fully saturated rings. The van der Waals surface area contributed by atoms with E-state index in [0.29, 0.717) is 6.61 Å². The summed E-state index contributed by atoms with van der Waals surface area (Å²) in [6.45, 7) is 3.10. The highest BCUT2D eigenvalue weighted by Gasteiger charge is 2.04. The van der Waals surface area contributed by atoms with Crippen molar-refractivity contribution >= 4 is 0 Å². The Hall–Kier alpha value is -1.66. The van der Waals surface area contributed by atoms with Crippen molar-refractivity contribution in [1.29, 1.82) is 0 Å². The maximum Gasteiger partial charge on any atom is 0.0952 e. The van der Waals surface area contributed by atoms with Crippen LogP contribution >= 0.6 is 0 Å². The van der Waals surface area contributed by atoms with E-state index in [9.17, 15) is 0 Å². The third kappa shape index (κ3) is 3.41. The summed E-state index contributed by atoms with van der Waals surface area (Å²) in [6, 6.07) is 2.02. The van der Waals surface area contributed by atoms with E-state index in [-0.39, 0.29) is 0 Å². The van der Waals surface area contributed by atoms with E-state index in [2.05, 4.69) is 20.0 Å². The number of hydrogen-bond acceptors (Lipinski definition) is 4. The zero-order valence-corrected chi connectivity index (χ0v) is 10.8. The Morgan fingerprint density at radius 2 is 2.33 bits per heavy atom. The van der Waals surface area contributed by atoms with Gasteiger partial charge in [-0.15, -0.1) is 0 Å². The van der Waals surface area contributed by atoms with Gasteiger partial charge in [0.2, 0.25) is 0 Å². The van der Waals surface area contributed by atoms with Crippen LogP contribution in [0.2, 0.25) is 0 Å². The van der Waals surface area contributed by atoms with Crippen LogP contribution in [0, 0.1) is 0 Å². The van der Waals surface area contributed by atoms with Gasteiger partial charge in [-0.25, -0.2) is 4.98 Å². The molecule has 0 bridgehead atoms. The first-order chi connectivity index (χ1) is 8.79. The van der Waals surface area contributed by atoms with Gasteiger partial charge in [0.25, 0.3) is 0 Å². The average molecular weight is 249 g/mol. The molecule has 0 aliphatic rings. The molecule has 0 unspecified atom stereocenters. The predicted molar refractivity (Wildman–Crippen MR) is 68.1 cm³/mol. The van der Waals surface area contributed by atoms with E-state index < -0.39 is 0 Å². The van der Waals surface area contributed by atoms with Gasteiger partial charge in [0, 0.05) is 39.6 Å². The second-order valence-corrected chi connectivity index (χ2v) is 4.16. The van der Waals surface area contributed by atoms with Crippen LogP contribution in [0.25, 0.3) is 0 Å². The van der Waals surface area contributed by atoms with Crippen LogP contribution < -0.4 is 5.32 Å². The number of ether oxygens (including phenoxy) is 1. The lowest BCUT2D eigenvalue weighted by atomic mass is 10.4. The van der Waals surface area contributed by atoms with Crippen molar-refractivity contribution in [3.05, 3.63) is 36.2 Å². The first-order valence-corrected chi connectivity index (χ1v) is 5.97. The molecule has 0 amide bonds. The fourth-order valence-corrected chi connectivity index (χ4v) is 1.75. The molecule has 2 heterocycles. The number of aryl methyl sites for hydroxylation is 1. The minimum Gasteiger partial charge on any atom is -0.383 e. The molecule has 6 heteroatoms. The molecule has 0 aromatic carbocycles. The smallest absolute Gasteiger partial charge is 0.0952 e. The first-order valence-electron chi connectivity index (χ1n) is 5.97. The second-order valence-electron chi connectivity index (χ2n) is 4.16. The van der Waals surface area contributed by atoms with Crippen molar-refractivity contribution < 1.29 is 4.74 Å². The van der Waals surface area contributed by atoms with Crippen molar-refractivity contribution in [3.63, 3.8) is 0 Å². The van der Waals surface area contributed by atoms with Crippen LogP contribution in [0.1, 0.15) is 11.4 Å². The minimum atomic E-state index is 0.717. The molecule has 18 heavy (non-hydrogen) atoms. The van der Waals surface area contributed by atoms with Gasteiger partial charge in [0.1, 0.15) is 0 Å². The highest BCUT2D eigenvalue weighted by molar-refractivity contribution is 5.05. The van der Waals surface area contributed by atoms with E-state index >= 15 is 0 Å². The Balaban J connectivity index is 1.91. The van der Waals surface area contributed by atoms with E-state index in [4.69, 9.17) is 4.74 Å². The second kappa shape index (κ2) is 6.32. The minimum absolute atomic E-state index is 0.717. The molecule has 1 N–H and O–H groups in total. The van der Waals surface area contributed by atoms with Gasteiger partial charge in [-0.05, 0) is 6.07 Å². The highest BCUT2D eigenvalue weighted by atomic mass is 16.5. The normalized spacial score (nSPS) is 11.0. The van der Waals surface area contributed by atoms with Crippen LogP contribution in [0.3, 0.4) is 0 Å². The Morgan fingerprint density at radius 3 is 3.06 bits per heavy atom. The zero-order valence-electron chi connectivity index (χ0n) is 10.8. The van der Waals surface area contributed by atoms with E-state index in [1.807, 2.05) is 36.5 Å². The van der Waals surface area contributed by atoms with Crippen LogP contribution in [-0.4, -0.2) is 39.6 Å². The lowest BCUT2D eigenvalue weighted by Crippen LogP contribution is -2.20. The molecule has 2 aromatic rings. The van der Waals surface area contributed by atoms with Crippen LogP contribution in [-0.2, 0) is 24.9 Å². The zero-order chi connectivity index (χ0) is 12.8. The van der Waals surface area contributed by atoms with Crippen LogP contribution in [0.15, 0.2) is 24.8 Å². The Morgan fingerprint density at radius 1 is 1.44 bits per heavy atom. The number of imidazole rings is 1. The largest absolute Gasteiger partial charge is 0.383 e. The SMILES string of the molecule is COCCNCc1cncn1Cc1ccn(C)n1. The summed E-state index contributed by atoms with van der Waals surface area (Å²) in [5, 5.41) is 7.67. The molecule has 0 saturated carbocycles. The molecule has 0 radical (unpaired) electrons. The number of hydrogen-bond donors (Lipinski definition) is 1. The quantitative estimate of drug-likeness (QED) is 0.722. The Kier molecular flexibility index (Phi) is 4.49. The molecule has 0 saturated heterocycles. The van der Waals surface area contributed by atoms with Gasteiger partial charge in [0.05, 0.1) is 30.9 Å². The average Bonchev–Trinajstić information content (AvgIpc) is 2.95. The molecule has 2 aromatic heterocycles. The van der Waals surface area contributed by atoms with Gasteiger partial charge >= 0.3 is 0 Å². The third-order valence-corrected chi connectivity index (χ3v) is 2.69. The molecule has 0 spiro atoms. The third-order valence-electron chi connectivity index (χ3n) is 2.69. The highest BCUT2D eigenvalue weighted by Crippen LogP contribution is 2.04. The molecular weight excluding hydrogens is 230 g/mol. The molecule has 0 aliphatic heterocycles. The lowest BCUT2D eigenvalue weighted by Gasteiger charge is -2.07. The number of aromatic nitrogens is 4. The number of rotatable bonds is 7. The molecular formula is C12H19N5O. The molecule has 2 rings (SSSR count). The Bertz CT molecular complexity index is 476. The van der Waals surface area contributed by atoms with Gasteiger partial charge < -0.3 is 14.6 Å². The van der Waals surface area contributed by atoms with Crippen molar-refractivity contribution in [2.24, 2.45) is 7.05 Å². The fraction of sp³-hybridized carbons (Fsp3) is 0.500. The van der Waals surface area contributed by atoms with Crippen LogP contribution in [0.5, 0.6) is 0 Å². The van der Waals surface area contributed by atoms with Crippen LogP contribution in [0.4, 0.5) is 0 Å². The van der Waals surface area contributed by atoms with Gasteiger partial charge in [-0.1, -0.05) is 0 Å². The fourth-order valence-electron chi connectivity index (χ4n) is 1.75. The summed E-state index contributed by atoms with van der Waals surface area (Å²) >= 11 is 0. The predicted octanol–water partition coefficient (Wildman–Crippen LogP) is 0.401. The van der Waals surface area contributed by atoms with E-state index in [1.54, 1.807) is 7.11 Å². The monoisotopic (exact) mass is 249 g/mol. The summed E-state index contributed by atoms with van der Waals surface area (Å²) in [4.78, 5) is 4.18. The van der Waals surface area contributed by atoms with Gasteiger partial charge in [-0.2, -0.15) is 5.10 Å². The maximum atomic E-state index is 4.99. The van der Waals surface area contributed by atoms with E-state index in [0.717, 1.165) is 31.0 Å². The van der Waals surface area contributed by atoms with Crippen molar-refractivity contribution in [2.45, 2.75) is 13.1 Å². The number of nitrogens with zero attached hydrogens (tertiary/aromatic N) is 4. The van der Waals surface area contributed by atoms with Crippen molar-refractivity contribution in [1.82, 2.24) is 24.6 Å². The molecule has 98 valence electrons. The summed E-state index contributed by atoms with van der Waals surface area (Å²) in [6.07, 6.45) is 5.66. The van der Waals surface area contributed by atoms with E-state index in [1.165, 1.54) is 0 Å². The summed E-state index contributed by atoms with van der Waals surface area (Å²) in [5.41, 5.74) is 2.19. The maximum absolute atomic E-state index is 4.99. The molecule has 0 aliphatic carbocycles.